The number of aliphatic carboxylic acids is 1. The van der Waals surface area contributed by atoms with Crippen molar-refractivity contribution < 1.29 is 24.9 Å². The summed E-state index contributed by atoms with van der Waals surface area (Å²) in [5.74, 6) is 1.68. The van der Waals surface area contributed by atoms with Crippen LogP contribution in [0.1, 0.15) is 97.8 Å². The SMILES string of the molecule is C[C@H](CCC(=O)NCC(=O)O)C1CCCC2[C@H]3C(CC[C@@]21C)[C@@]1(C)CC[C@@H](O)C[C@H]1CC[C@H]3O. The van der Waals surface area contributed by atoms with Crippen LogP contribution in [0.25, 0.3) is 0 Å². The van der Waals surface area contributed by atoms with Gasteiger partial charge >= 0.3 is 5.97 Å². The summed E-state index contributed by atoms with van der Waals surface area (Å²) in [6, 6.07) is 0. The van der Waals surface area contributed by atoms with Crippen molar-refractivity contribution in [2.75, 3.05) is 6.54 Å². The van der Waals surface area contributed by atoms with Gasteiger partial charge in [-0.15, -0.1) is 0 Å². The van der Waals surface area contributed by atoms with E-state index in [0.29, 0.717) is 41.9 Å². The van der Waals surface area contributed by atoms with Crippen LogP contribution in [0.2, 0.25) is 0 Å². The lowest BCUT2D eigenvalue weighted by Crippen LogP contribution is -2.56. The lowest BCUT2D eigenvalue weighted by molar-refractivity contribution is -0.148. The first-order valence-corrected chi connectivity index (χ1v) is 13.9. The number of carbonyl (C=O) groups is 2. The summed E-state index contributed by atoms with van der Waals surface area (Å²) in [6.45, 7) is 6.91. The van der Waals surface area contributed by atoms with E-state index in [1.807, 2.05) is 0 Å². The Labute approximate surface area is 205 Å². The Balaban J connectivity index is 1.50. The number of hydrogen-bond acceptors (Lipinski definition) is 4. The molecule has 0 bridgehead atoms. The molecule has 0 aliphatic heterocycles. The summed E-state index contributed by atoms with van der Waals surface area (Å²) in [5, 5.41) is 33.2. The molecule has 6 heteroatoms. The highest BCUT2D eigenvalue weighted by molar-refractivity contribution is 5.81. The molecule has 0 aromatic rings. The molecule has 0 radical (unpaired) electrons. The highest BCUT2D eigenvalue weighted by Gasteiger charge is 2.60. The number of rotatable bonds is 6. The number of fused-ring (bicyclic) bond motifs is 5. The summed E-state index contributed by atoms with van der Waals surface area (Å²) in [4.78, 5) is 22.9. The molecule has 4 fully saturated rings. The van der Waals surface area contributed by atoms with Crippen LogP contribution in [0.5, 0.6) is 0 Å². The van der Waals surface area contributed by atoms with Crippen LogP contribution < -0.4 is 5.32 Å². The summed E-state index contributed by atoms with van der Waals surface area (Å²) in [7, 11) is 0. The molecule has 6 nitrogen and oxygen atoms in total. The maximum Gasteiger partial charge on any atom is 0.322 e. The Bertz CT molecular complexity index is 757. The molecular weight excluding hydrogens is 430 g/mol. The van der Waals surface area contributed by atoms with E-state index in [4.69, 9.17) is 5.11 Å². The van der Waals surface area contributed by atoms with E-state index in [2.05, 4.69) is 26.1 Å². The quantitative estimate of drug-likeness (QED) is 0.454. The first-order valence-electron chi connectivity index (χ1n) is 13.9. The van der Waals surface area contributed by atoms with Crippen LogP contribution >= 0.6 is 0 Å². The average Bonchev–Trinajstić information content (AvgIpc) is 2.90. The molecule has 0 aromatic carbocycles. The number of nitrogens with one attached hydrogen (secondary N) is 1. The molecule has 34 heavy (non-hydrogen) atoms. The number of aliphatic hydroxyl groups is 2. The van der Waals surface area contributed by atoms with E-state index < -0.39 is 5.97 Å². The van der Waals surface area contributed by atoms with Gasteiger partial charge < -0.3 is 20.6 Å². The second-order valence-electron chi connectivity index (χ2n) is 12.8. The highest BCUT2D eigenvalue weighted by Crippen LogP contribution is 2.66. The summed E-state index contributed by atoms with van der Waals surface area (Å²) in [5.41, 5.74) is 0.408. The van der Waals surface area contributed by atoms with Gasteiger partial charge in [0.05, 0.1) is 12.2 Å². The Hall–Kier alpha value is -1.14. The van der Waals surface area contributed by atoms with Crippen LogP contribution in [0.3, 0.4) is 0 Å². The third kappa shape index (κ3) is 4.78. The van der Waals surface area contributed by atoms with E-state index in [1.54, 1.807) is 0 Å². The number of carbonyl (C=O) groups excluding carboxylic acids is 1. The van der Waals surface area contributed by atoms with E-state index in [1.165, 1.54) is 32.1 Å². The van der Waals surface area contributed by atoms with E-state index >= 15 is 0 Å². The van der Waals surface area contributed by atoms with Gasteiger partial charge in [0.15, 0.2) is 0 Å². The average molecular weight is 478 g/mol. The van der Waals surface area contributed by atoms with Crippen molar-refractivity contribution in [3.63, 3.8) is 0 Å². The van der Waals surface area contributed by atoms with Gasteiger partial charge in [-0.05, 0) is 111 Å². The van der Waals surface area contributed by atoms with E-state index in [9.17, 15) is 19.8 Å². The summed E-state index contributed by atoms with van der Waals surface area (Å²) < 4.78 is 0. The molecule has 4 rings (SSSR count). The second-order valence-corrected chi connectivity index (χ2v) is 12.8. The fraction of sp³-hybridized carbons (Fsp3) is 0.929. The molecule has 4 aliphatic rings. The van der Waals surface area contributed by atoms with E-state index in [0.717, 1.165) is 38.5 Å². The van der Waals surface area contributed by atoms with Gasteiger partial charge in [-0.25, -0.2) is 0 Å². The Morgan fingerprint density at radius 3 is 2.41 bits per heavy atom. The Morgan fingerprint density at radius 1 is 0.971 bits per heavy atom. The van der Waals surface area contributed by atoms with Crippen LogP contribution in [0.15, 0.2) is 0 Å². The predicted octanol–water partition coefficient (Wildman–Crippen LogP) is 4.37. The molecule has 3 unspecified atom stereocenters. The molecule has 4 saturated carbocycles. The number of amides is 1. The van der Waals surface area contributed by atoms with Gasteiger partial charge in [0, 0.05) is 6.42 Å². The lowest BCUT2D eigenvalue weighted by atomic mass is 9.44. The Kier molecular flexibility index (Phi) is 7.69. The zero-order chi connectivity index (χ0) is 24.7. The van der Waals surface area contributed by atoms with Crippen LogP contribution in [0.4, 0.5) is 0 Å². The smallest absolute Gasteiger partial charge is 0.322 e. The number of carboxylic acid groups (broad SMARTS) is 1. The van der Waals surface area contributed by atoms with Gasteiger partial charge in [0.1, 0.15) is 6.54 Å². The lowest BCUT2D eigenvalue weighted by Gasteiger charge is -2.61. The van der Waals surface area contributed by atoms with Crippen LogP contribution in [-0.2, 0) is 9.59 Å². The van der Waals surface area contributed by atoms with E-state index in [-0.39, 0.29) is 35.5 Å². The maximum absolute atomic E-state index is 12.1. The third-order valence-corrected chi connectivity index (χ3v) is 11.2. The molecule has 0 aromatic heterocycles. The zero-order valence-electron chi connectivity index (χ0n) is 21.5. The first kappa shape index (κ1) is 25.9. The summed E-state index contributed by atoms with van der Waals surface area (Å²) >= 11 is 0. The van der Waals surface area contributed by atoms with Crippen LogP contribution in [0, 0.1) is 46.3 Å². The second kappa shape index (κ2) is 10.1. The number of aliphatic hydroxyl groups excluding tert-OH is 2. The Morgan fingerprint density at radius 2 is 1.68 bits per heavy atom. The van der Waals surface area contributed by atoms with Crippen molar-refractivity contribution in [3.05, 3.63) is 0 Å². The predicted molar refractivity (Wildman–Crippen MR) is 131 cm³/mol. The highest BCUT2D eigenvalue weighted by atomic mass is 16.4. The number of hydrogen-bond donors (Lipinski definition) is 4. The molecule has 4 aliphatic carbocycles. The van der Waals surface area contributed by atoms with Gasteiger partial charge in [0.25, 0.3) is 0 Å². The molecule has 194 valence electrons. The molecule has 0 saturated heterocycles. The van der Waals surface area contributed by atoms with Crippen molar-refractivity contribution >= 4 is 11.9 Å². The van der Waals surface area contributed by atoms with Crippen molar-refractivity contribution in [2.24, 2.45) is 46.3 Å². The monoisotopic (exact) mass is 477 g/mol. The number of carboxylic acids is 1. The van der Waals surface area contributed by atoms with Crippen LogP contribution in [-0.4, -0.2) is 45.9 Å². The van der Waals surface area contributed by atoms with Crippen molar-refractivity contribution in [2.45, 2.75) is 110 Å². The normalized spacial score (nSPS) is 45.1. The largest absolute Gasteiger partial charge is 0.480 e. The third-order valence-electron chi connectivity index (χ3n) is 11.2. The van der Waals surface area contributed by atoms with Gasteiger partial charge in [-0.2, -0.15) is 0 Å². The van der Waals surface area contributed by atoms with Crippen molar-refractivity contribution in [3.8, 4) is 0 Å². The topological polar surface area (TPSA) is 107 Å². The van der Waals surface area contributed by atoms with Crippen molar-refractivity contribution in [1.82, 2.24) is 5.32 Å². The molecule has 0 heterocycles. The molecule has 1 amide bonds. The minimum atomic E-state index is -1.01. The molecular formula is C28H47NO5. The van der Waals surface area contributed by atoms with Gasteiger partial charge in [0.2, 0.25) is 5.91 Å². The zero-order valence-corrected chi connectivity index (χ0v) is 21.5. The fourth-order valence-electron chi connectivity index (χ4n) is 9.39. The minimum Gasteiger partial charge on any atom is -0.480 e. The summed E-state index contributed by atoms with van der Waals surface area (Å²) in [6.07, 6.45) is 11.5. The van der Waals surface area contributed by atoms with Crippen molar-refractivity contribution in [1.29, 1.82) is 0 Å². The molecule has 10 atom stereocenters. The maximum atomic E-state index is 12.1. The molecule has 0 spiro atoms. The minimum absolute atomic E-state index is 0.173. The fourth-order valence-corrected chi connectivity index (χ4v) is 9.39. The first-order chi connectivity index (χ1) is 16.1. The standard InChI is InChI=1S/C28H47NO5/c1-17(7-10-24(32)29-16-25(33)34)20-5-4-6-21-26-22(12-14-28(20,21)3)27(2)13-11-19(30)15-18(27)8-9-23(26)31/h17-23,26,30-31H,4-16H2,1-3H3,(H,29,32)(H,33,34)/t17-,18-,19-,20?,21?,22?,23-,26+,27+,28-/m1/s1. The van der Waals surface area contributed by atoms with Gasteiger partial charge in [-0.3, -0.25) is 9.59 Å². The van der Waals surface area contributed by atoms with Gasteiger partial charge in [-0.1, -0.05) is 27.2 Å². The molecule has 4 N–H and O–H groups in total.